The molecule has 1 radical (unpaired) electrons. The molecule has 0 unspecified atom stereocenters. The van der Waals surface area contributed by atoms with E-state index in [-0.39, 0.29) is 31.2 Å². The van der Waals surface area contributed by atoms with E-state index in [0.717, 1.165) is 39.5 Å². The molecule has 215 valence electrons. The largest absolute Gasteiger partial charge is 0.500 e. The molecule has 0 N–H and O–H groups in total. The van der Waals surface area contributed by atoms with Crippen molar-refractivity contribution >= 4 is 16.6 Å². The summed E-state index contributed by atoms with van der Waals surface area (Å²) in [6, 6.07) is 31.2. The Bertz CT molecular complexity index is 1780. The third kappa shape index (κ3) is 4.83. The van der Waals surface area contributed by atoms with E-state index < -0.39 is 0 Å². The minimum atomic E-state index is -0.316. The van der Waals surface area contributed by atoms with Crippen molar-refractivity contribution < 1.29 is 24.8 Å². The number of aromatic nitrogens is 3. The average Bonchev–Trinajstić information content (AvgIpc) is 3.66. The zero-order valence-electron chi connectivity index (χ0n) is 24.6. The Morgan fingerprint density at radius 2 is 1.69 bits per heavy atom. The van der Waals surface area contributed by atoms with Crippen LogP contribution >= 0.6 is 0 Å². The zero-order valence-corrected chi connectivity index (χ0v) is 27.0. The van der Waals surface area contributed by atoms with Gasteiger partial charge in [0.15, 0.2) is 0 Å². The Labute approximate surface area is 262 Å². The summed E-state index contributed by atoms with van der Waals surface area (Å²) in [7, 11) is 0. The van der Waals surface area contributed by atoms with E-state index in [9.17, 15) is 0 Å². The summed E-state index contributed by atoms with van der Waals surface area (Å²) < 4.78 is 8.38. The van der Waals surface area contributed by atoms with Gasteiger partial charge in [0, 0.05) is 37.6 Å². The summed E-state index contributed by atoms with van der Waals surface area (Å²) in [6.07, 6.45) is 9.66. The van der Waals surface area contributed by atoms with Crippen LogP contribution in [-0.4, -0.2) is 14.5 Å². The molecular weight excluding hydrogens is 695 g/mol. The first-order chi connectivity index (χ1) is 19.8. The first kappa shape index (κ1) is 28.6. The van der Waals surface area contributed by atoms with E-state index in [1.165, 1.54) is 36.8 Å². The van der Waals surface area contributed by atoms with Crippen LogP contribution in [-0.2, 0) is 31.2 Å². The second kappa shape index (κ2) is 10.9. The molecule has 0 spiro atoms. The van der Waals surface area contributed by atoms with Gasteiger partial charge in [0.2, 0.25) is 0 Å². The Balaban J connectivity index is 0.000000161. The number of para-hydroxylation sites is 1. The summed E-state index contributed by atoms with van der Waals surface area (Å²) in [5.74, 6) is 2.57. The number of nitrogens with zero attached hydrogens (tertiary/aromatic N) is 3. The van der Waals surface area contributed by atoms with Gasteiger partial charge in [-0.3, -0.25) is 4.98 Å². The van der Waals surface area contributed by atoms with E-state index in [1.54, 1.807) is 11.8 Å². The fraction of sp³-hybridized carbons (Fsp3) is 0.297. The van der Waals surface area contributed by atoms with Gasteiger partial charge in [0.1, 0.15) is 5.75 Å². The van der Waals surface area contributed by atoms with Crippen LogP contribution in [0, 0.1) is 18.1 Å². The summed E-state index contributed by atoms with van der Waals surface area (Å²) in [4.78, 5) is 9.38. The van der Waals surface area contributed by atoms with Crippen LogP contribution < -0.4 is 4.74 Å². The summed E-state index contributed by atoms with van der Waals surface area (Å²) >= 11 is 0. The second-order valence-corrected chi connectivity index (χ2v) is 12.4. The molecule has 8 rings (SSSR count). The number of allylic oxidation sites excluding steroid dienone is 2. The molecule has 1 saturated carbocycles. The first-order valence-corrected chi connectivity index (χ1v) is 14.7. The Morgan fingerprint density at radius 3 is 2.48 bits per heavy atom. The van der Waals surface area contributed by atoms with Crippen molar-refractivity contribution in [1.82, 2.24) is 14.5 Å². The topological polar surface area (TPSA) is 39.9 Å². The van der Waals surface area contributed by atoms with E-state index in [2.05, 4.69) is 91.9 Å². The fourth-order valence-electron chi connectivity index (χ4n) is 6.86. The monoisotopic (exact) mass is 730 g/mol. The van der Waals surface area contributed by atoms with Crippen LogP contribution in [0.1, 0.15) is 64.5 Å². The first-order valence-electron chi connectivity index (χ1n) is 14.7. The number of hydrogen-bond donors (Lipinski definition) is 0. The van der Waals surface area contributed by atoms with Crippen molar-refractivity contribution in [2.24, 2.45) is 5.92 Å². The van der Waals surface area contributed by atoms with Crippen molar-refractivity contribution in [1.29, 1.82) is 0 Å². The smallest absolute Gasteiger partial charge is 0.104 e. The van der Waals surface area contributed by atoms with E-state index in [0.29, 0.717) is 5.92 Å². The van der Waals surface area contributed by atoms with Crippen LogP contribution in [0.5, 0.6) is 5.75 Å². The van der Waals surface area contributed by atoms with Crippen molar-refractivity contribution in [3.63, 3.8) is 0 Å². The number of rotatable bonds is 2. The molecule has 3 aliphatic rings. The molecule has 1 fully saturated rings. The molecule has 0 atom stereocenters. The molecule has 5 heteroatoms. The molecule has 2 aromatic heterocycles. The third-order valence-corrected chi connectivity index (χ3v) is 8.69. The van der Waals surface area contributed by atoms with Crippen LogP contribution in [0.3, 0.4) is 0 Å². The molecule has 0 saturated heterocycles. The molecular formula is C37H35IrN3O-2. The Kier molecular flexibility index (Phi) is 7.45. The summed E-state index contributed by atoms with van der Waals surface area (Å²) in [5.41, 5.74) is 9.07. The van der Waals surface area contributed by atoms with Gasteiger partial charge in [-0.1, -0.05) is 36.6 Å². The minimum Gasteiger partial charge on any atom is -0.500 e. The van der Waals surface area contributed by atoms with E-state index in [1.807, 2.05) is 36.4 Å². The quantitative estimate of drug-likeness (QED) is 0.170. The van der Waals surface area contributed by atoms with Crippen LogP contribution in [0.25, 0.3) is 39.3 Å². The molecule has 4 nitrogen and oxygen atoms in total. The zero-order chi connectivity index (χ0) is 28.2. The fourth-order valence-corrected chi connectivity index (χ4v) is 6.86. The Morgan fingerprint density at radius 1 is 0.881 bits per heavy atom. The van der Waals surface area contributed by atoms with Crippen molar-refractivity contribution in [3.8, 4) is 28.4 Å². The van der Waals surface area contributed by atoms with Crippen LogP contribution in [0.4, 0.5) is 0 Å². The van der Waals surface area contributed by atoms with E-state index >= 15 is 0 Å². The standard InChI is InChI=1S/C23H23N2.C14H12NO.Ir/c1-23(2)15-19(16-9-6-7-10-16)18-13-8-14-20-21(18)25(23)22(24-20)17-11-4-3-5-12-17;1-14(2)11-7-4-3-6-10(11)13-12(16-14)8-5-9-15-13;/h3-5,8,11,13-16H,6-7,9-10H2,1-2H3;3-5,7-9H,1-2H3;/q2*-1;. The maximum Gasteiger partial charge on any atom is 0.104 e. The molecule has 0 amide bonds. The van der Waals surface area contributed by atoms with Crippen molar-refractivity contribution in [3.05, 3.63) is 108 Å². The number of benzene rings is 3. The molecule has 3 aromatic carbocycles. The average molecular weight is 730 g/mol. The second-order valence-electron chi connectivity index (χ2n) is 12.4. The van der Waals surface area contributed by atoms with Gasteiger partial charge in [-0.15, -0.1) is 65.7 Å². The number of hydrogen-bond acceptors (Lipinski definition) is 3. The summed E-state index contributed by atoms with van der Waals surface area (Å²) in [6.45, 7) is 8.75. The van der Waals surface area contributed by atoms with Crippen LogP contribution in [0.2, 0.25) is 0 Å². The third-order valence-electron chi connectivity index (χ3n) is 8.69. The molecule has 42 heavy (non-hydrogen) atoms. The predicted octanol–water partition coefficient (Wildman–Crippen LogP) is 9.00. The van der Waals surface area contributed by atoms with Crippen molar-refractivity contribution in [2.45, 2.75) is 64.5 Å². The summed E-state index contributed by atoms with van der Waals surface area (Å²) in [5, 5.41) is 0. The van der Waals surface area contributed by atoms with Gasteiger partial charge in [-0.2, -0.15) is 0 Å². The molecule has 0 bridgehead atoms. The minimum absolute atomic E-state index is 0. The van der Waals surface area contributed by atoms with Gasteiger partial charge >= 0.3 is 0 Å². The van der Waals surface area contributed by atoms with Crippen molar-refractivity contribution in [2.75, 3.05) is 0 Å². The van der Waals surface area contributed by atoms with E-state index in [4.69, 9.17) is 9.72 Å². The number of fused-ring (bicyclic) bond motifs is 3. The van der Waals surface area contributed by atoms with Crippen LogP contribution in [0.15, 0.2) is 85.1 Å². The van der Waals surface area contributed by atoms with Gasteiger partial charge in [0.25, 0.3) is 0 Å². The maximum absolute atomic E-state index is 5.96. The van der Waals surface area contributed by atoms with Gasteiger partial charge < -0.3 is 14.3 Å². The van der Waals surface area contributed by atoms with Gasteiger partial charge in [-0.05, 0) is 70.2 Å². The molecule has 5 aromatic rings. The molecule has 2 aliphatic heterocycles. The van der Waals surface area contributed by atoms with Gasteiger partial charge in [0.05, 0.1) is 28.0 Å². The maximum atomic E-state index is 5.96. The van der Waals surface area contributed by atoms with Gasteiger partial charge in [-0.25, -0.2) is 0 Å². The SMILES string of the molecule is CC1(C)C=C(C2CCCC2)c2cccc3nc(-c4[c-]cccc4)n1c23.CC1(C)Oc2cccnc2-c2[c-]cccc21.[Ir]. The molecule has 4 heterocycles. The number of ether oxygens (including phenoxy) is 1. The number of imidazole rings is 1. The Hall–Kier alpha value is -3.53. The number of pyridine rings is 1. The predicted molar refractivity (Wildman–Crippen MR) is 165 cm³/mol. The molecule has 1 aliphatic carbocycles. The normalized spacial score (nSPS) is 17.6.